The fraction of sp³-hybridized carbons (Fsp3) is 1.00. The Kier molecular flexibility index (Phi) is 14.8. The predicted octanol–water partition coefficient (Wildman–Crippen LogP) is 0.367. The smallest absolute Gasteiger partial charge is 0 e. The fourth-order valence-electron chi connectivity index (χ4n) is 4.79. The summed E-state index contributed by atoms with van der Waals surface area (Å²) in [4.78, 5) is 0. The first kappa shape index (κ1) is 29.0. The van der Waals surface area contributed by atoms with E-state index in [1.165, 1.54) is 0 Å². The molecule has 0 amide bonds. The molecule has 145 valence electrons. The molecule has 0 unspecified atom stereocenters. The van der Waals surface area contributed by atoms with Crippen molar-refractivity contribution in [3.05, 3.63) is 0 Å². The average molecular weight is 544 g/mol. The molecule has 0 aromatic rings. The quantitative estimate of drug-likeness (QED) is 0.414. The van der Waals surface area contributed by atoms with Crippen LogP contribution in [0, 0.1) is 59.2 Å². The summed E-state index contributed by atoms with van der Waals surface area (Å²) in [5.41, 5.74) is 0. The fourth-order valence-corrected chi connectivity index (χ4v) is 4.79. The molecule has 23 heavy (non-hydrogen) atoms. The van der Waals surface area contributed by atoms with Crippen LogP contribution in [0.3, 0.4) is 0 Å². The van der Waals surface area contributed by atoms with E-state index in [0.717, 1.165) is 59.2 Å². The number of rotatable bonds is 0. The van der Waals surface area contributed by atoms with Crippen LogP contribution >= 0.6 is 0 Å². The predicted molar refractivity (Wildman–Crippen MR) is 91.6 cm³/mol. The van der Waals surface area contributed by atoms with Gasteiger partial charge in [-0.1, -0.05) is 69.2 Å². The van der Waals surface area contributed by atoms with Crippen molar-refractivity contribution < 1.29 is 44.9 Å². The summed E-state index contributed by atoms with van der Waals surface area (Å²) < 4.78 is 0. The van der Waals surface area contributed by atoms with E-state index in [2.05, 4.69) is 69.2 Å². The molecule has 0 bridgehead atoms. The van der Waals surface area contributed by atoms with Gasteiger partial charge in [0.2, 0.25) is 0 Å². The summed E-state index contributed by atoms with van der Waals surface area (Å²) in [6.07, 6.45) is 0. The van der Waals surface area contributed by atoms with Crippen molar-refractivity contribution in [2.45, 2.75) is 69.2 Å². The van der Waals surface area contributed by atoms with Crippen LogP contribution in [-0.2, 0) is 20.1 Å². The van der Waals surface area contributed by atoms with Gasteiger partial charge in [0.1, 0.15) is 0 Å². The Bertz CT molecular complexity index is 190. The zero-order valence-corrected chi connectivity index (χ0v) is 20.8. The molecule has 0 aliphatic heterocycles. The summed E-state index contributed by atoms with van der Waals surface area (Å²) in [5, 5.41) is 0. The van der Waals surface area contributed by atoms with Crippen molar-refractivity contribution in [2.24, 2.45) is 59.2 Å². The molecule has 0 aromatic heterocycles. The summed E-state index contributed by atoms with van der Waals surface area (Å²) >= 11 is 0. The SMILES string of the molecule is CC1C(C)C(C)C(C)C1C.CC1C(C)C(C)C(C)C1C.[Cl-].[Cl-].[Ir]. The molecular weight excluding hydrogens is 503 g/mol. The molecule has 1 radical (unpaired) electrons. The van der Waals surface area contributed by atoms with Gasteiger partial charge in [0.15, 0.2) is 0 Å². The minimum atomic E-state index is 0. The zero-order chi connectivity index (χ0) is 15.8. The summed E-state index contributed by atoms with van der Waals surface area (Å²) in [5.74, 6) is 9.35. The van der Waals surface area contributed by atoms with Crippen LogP contribution in [0.2, 0.25) is 0 Å². The molecule has 3 heteroatoms. The number of hydrogen-bond donors (Lipinski definition) is 0. The van der Waals surface area contributed by atoms with Gasteiger partial charge in [-0.05, 0) is 59.2 Å². The van der Waals surface area contributed by atoms with Crippen molar-refractivity contribution in [1.29, 1.82) is 0 Å². The maximum Gasteiger partial charge on any atom is 0 e. The van der Waals surface area contributed by atoms with Gasteiger partial charge in [0, 0.05) is 20.1 Å². The first-order valence-corrected chi connectivity index (χ1v) is 9.11. The normalized spacial score (nSPS) is 48.3. The topological polar surface area (TPSA) is 0 Å². The van der Waals surface area contributed by atoms with Gasteiger partial charge in [-0.25, -0.2) is 0 Å². The average Bonchev–Trinajstić information content (AvgIpc) is 2.71. The number of hydrogen-bond acceptors (Lipinski definition) is 0. The van der Waals surface area contributed by atoms with Crippen LogP contribution < -0.4 is 24.8 Å². The molecule has 2 aliphatic rings. The Morgan fingerprint density at radius 1 is 0.261 bits per heavy atom. The maximum atomic E-state index is 2.40. The molecule has 0 saturated heterocycles. The van der Waals surface area contributed by atoms with Gasteiger partial charge in [0.05, 0.1) is 0 Å². The van der Waals surface area contributed by atoms with Gasteiger partial charge in [-0.3, -0.25) is 0 Å². The van der Waals surface area contributed by atoms with Crippen LogP contribution in [0.15, 0.2) is 0 Å². The second-order valence-electron chi connectivity index (χ2n) is 8.59. The second kappa shape index (κ2) is 11.8. The third-order valence-electron chi connectivity index (χ3n) is 8.29. The van der Waals surface area contributed by atoms with Crippen LogP contribution in [-0.4, -0.2) is 0 Å². The standard InChI is InChI=1S/2C10H20.2ClH.Ir/c2*1-6-7(2)9(4)10(5)8(6)3;;;/h2*6-10H,1-5H3;2*1H;/p-2. The number of halogens is 2. The van der Waals surface area contributed by atoms with Gasteiger partial charge < -0.3 is 24.8 Å². The van der Waals surface area contributed by atoms with Crippen molar-refractivity contribution >= 4 is 0 Å². The zero-order valence-electron chi connectivity index (χ0n) is 16.9. The van der Waals surface area contributed by atoms with E-state index in [4.69, 9.17) is 0 Å². The third-order valence-corrected chi connectivity index (χ3v) is 8.29. The van der Waals surface area contributed by atoms with E-state index in [1.807, 2.05) is 0 Å². The molecule has 2 aliphatic carbocycles. The molecule has 0 heterocycles. The Morgan fingerprint density at radius 3 is 0.348 bits per heavy atom. The first-order chi connectivity index (χ1) is 9.11. The Hall–Kier alpha value is 1.23. The maximum absolute atomic E-state index is 2.40. The van der Waals surface area contributed by atoms with Gasteiger partial charge in [0.25, 0.3) is 0 Å². The molecule has 2 rings (SSSR count). The van der Waals surface area contributed by atoms with Gasteiger partial charge in [-0.15, -0.1) is 0 Å². The molecule has 2 fully saturated rings. The van der Waals surface area contributed by atoms with Gasteiger partial charge >= 0.3 is 0 Å². The van der Waals surface area contributed by atoms with Crippen molar-refractivity contribution in [3.8, 4) is 0 Å². The van der Waals surface area contributed by atoms with Crippen molar-refractivity contribution in [3.63, 3.8) is 0 Å². The van der Waals surface area contributed by atoms with E-state index < -0.39 is 0 Å². The molecule has 0 spiro atoms. The van der Waals surface area contributed by atoms with E-state index in [9.17, 15) is 0 Å². The van der Waals surface area contributed by atoms with Crippen LogP contribution in [0.1, 0.15) is 69.2 Å². The molecule has 0 aromatic carbocycles. The minimum Gasteiger partial charge on any atom is -1.00 e. The second-order valence-corrected chi connectivity index (χ2v) is 8.59. The summed E-state index contributed by atoms with van der Waals surface area (Å²) in [7, 11) is 0. The Morgan fingerprint density at radius 2 is 0.304 bits per heavy atom. The third kappa shape index (κ3) is 6.16. The van der Waals surface area contributed by atoms with Gasteiger partial charge in [-0.2, -0.15) is 0 Å². The summed E-state index contributed by atoms with van der Waals surface area (Å²) in [6.45, 7) is 24.0. The monoisotopic (exact) mass is 543 g/mol. The van der Waals surface area contributed by atoms with Crippen LogP contribution in [0.4, 0.5) is 0 Å². The van der Waals surface area contributed by atoms with E-state index >= 15 is 0 Å². The molecule has 0 nitrogen and oxygen atoms in total. The minimum absolute atomic E-state index is 0. The van der Waals surface area contributed by atoms with E-state index in [1.54, 1.807) is 0 Å². The van der Waals surface area contributed by atoms with Crippen molar-refractivity contribution in [2.75, 3.05) is 0 Å². The molecule has 0 N–H and O–H groups in total. The van der Waals surface area contributed by atoms with Crippen LogP contribution in [0.5, 0.6) is 0 Å². The first-order valence-electron chi connectivity index (χ1n) is 9.11. The van der Waals surface area contributed by atoms with E-state index in [0.29, 0.717) is 0 Å². The van der Waals surface area contributed by atoms with Crippen LogP contribution in [0.25, 0.3) is 0 Å². The summed E-state index contributed by atoms with van der Waals surface area (Å²) in [6, 6.07) is 0. The Labute approximate surface area is 172 Å². The largest absolute Gasteiger partial charge is 1.00 e. The molecule has 2 saturated carbocycles. The molecule has 0 atom stereocenters. The Balaban J connectivity index is -0.000000308. The van der Waals surface area contributed by atoms with E-state index in [-0.39, 0.29) is 44.9 Å². The van der Waals surface area contributed by atoms with Crippen molar-refractivity contribution in [1.82, 2.24) is 0 Å². The molecular formula is C20H40Cl2Ir-2.